The fourth-order valence-electron chi connectivity index (χ4n) is 3.23. The highest BCUT2D eigenvalue weighted by molar-refractivity contribution is 5.79. The molecule has 17 heavy (non-hydrogen) atoms. The van der Waals surface area contributed by atoms with Gasteiger partial charge in [0.2, 0.25) is 0 Å². The van der Waals surface area contributed by atoms with Crippen molar-refractivity contribution in [1.29, 1.82) is 0 Å². The largest absolute Gasteiger partial charge is 0.480 e. The van der Waals surface area contributed by atoms with E-state index in [9.17, 15) is 9.90 Å². The zero-order valence-corrected chi connectivity index (χ0v) is 11.1. The van der Waals surface area contributed by atoms with Gasteiger partial charge < -0.3 is 5.11 Å². The van der Waals surface area contributed by atoms with E-state index in [4.69, 9.17) is 0 Å². The minimum absolute atomic E-state index is 0.316. The molecule has 2 aliphatic carbocycles. The second kappa shape index (κ2) is 4.60. The van der Waals surface area contributed by atoms with Crippen molar-refractivity contribution in [2.75, 3.05) is 0 Å². The van der Waals surface area contributed by atoms with Crippen LogP contribution in [0.1, 0.15) is 65.2 Å². The highest BCUT2D eigenvalue weighted by atomic mass is 16.4. The van der Waals surface area contributed by atoms with E-state index in [2.05, 4.69) is 19.2 Å². The van der Waals surface area contributed by atoms with Gasteiger partial charge in [0.1, 0.15) is 5.54 Å². The van der Waals surface area contributed by atoms with Crippen LogP contribution in [0, 0.1) is 5.41 Å². The van der Waals surface area contributed by atoms with Crippen LogP contribution in [0.2, 0.25) is 0 Å². The average molecular weight is 239 g/mol. The van der Waals surface area contributed by atoms with Crippen molar-refractivity contribution in [1.82, 2.24) is 5.32 Å². The summed E-state index contributed by atoms with van der Waals surface area (Å²) in [5, 5.41) is 13.0. The summed E-state index contributed by atoms with van der Waals surface area (Å²) < 4.78 is 0. The summed E-state index contributed by atoms with van der Waals surface area (Å²) in [6, 6.07) is 0.437. The van der Waals surface area contributed by atoms with E-state index in [1.54, 1.807) is 0 Å². The van der Waals surface area contributed by atoms with Crippen molar-refractivity contribution in [3.05, 3.63) is 0 Å². The summed E-state index contributed by atoms with van der Waals surface area (Å²) in [6.45, 7) is 4.49. The van der Waals surface area contributed by atoms with Gasteiger partial charge in [0.05, 0.1) is 0 Å². The molecule has 0 spiro atoms. The number of carboxylic acid groups (broad SMARTS) is 1. The van der Waals surface area contributed by atoms with Gasteiger partial charge in [-0.1, -0.05) is 26.7 Å². The number of carboxylic acids is 1. The maximum absolute atomic E-state index is 11.6. The molecule has 0 atom stereocenters. The Morgan fingerprint density at radius 3 is 2.12 bits per heavy atom. The first kappa shape index (κ1) is 12.9. The molecule has 2 saturated carbocycles. The molecule has 2 aliphatic rings. The van der Waals surface area contributed by atoms with Gasteiger partial charge in [-0.2, -0.15) is 0 Å². The molecule has 0 amide bonds. The normalized spacial score (nSPS) is 28.1. The quantitative estimate of drug-likeness (QED) is 0.796. The molecule has 0 unspecified atom stereocenters. The van der Waals surface area contributed by atoms with Crippen LogP contribution in [0.4, 0.5) is 0 Å². The van der Waals surface area contributed by atoms with Gasteiger partial charge in [-0.05, 0) is 43.9 Å². The average Bonchev–Trinajstić information content (AvgIpc) is 2.74. The first-order chi connectivity index (χ1) is 7.94. The highest BCUT2D eigenvalue weighted by Gasteiger charge is 2.45. The molecular weight excluding hydrogens is 214 g/mol. The van der Waals surface area contributed by atoms with Crippen LogP contribution < -0.4 is 5.32 Å². The smallest absolute Gasteiger partial charge is 0.323 e. The lowest BCUT2D eigenvalue weighted by Gasteiger charge is -2.42. The van der Waals surface area contributed by atoms with E-state index < -0.39 is 11.5 Å². The maximum atomic E-state index is 11.6. The summed E-state index contributed by atoms with van der Waals surface area (Å²) in [5.74, 6) is -0.639. The molecule has 98 valence electrons. The lowest BCUT2D eigenvalue weighted by molar-refractivity contribution is -0.148. The molecule has 0 aromatic heterocycles. The van der Waals surface area contributed by atoms with Gasteiger partial charge >= 0.3 is 5.97 Å². The maximum Gasteiger partial charge on any atom is 0.323 e. The Bertz CT molecular complexity index is 283. The molecule has 0 radical (unpaired) electrons. The van der Waals surface area contributed by atoms with Gasteiger partial charge in [0, 0.05) is 6.04 Å². The zero-order valence-electron chi connectivity index (χ0n) is 11.1. The third-order valence-electron chi connectivity index (χ3n) is 4.70. The van der Waals surface area contributed by atoms with Gasteiger partial charge in [-0.25, -0.2) is 0 Å². The first-order valence-corrected chi connectivity index (χ1v) is 6.95. The minimum Gasteiger partial charge on any atom is -0.480 e. The van der Waals surface area contributed by atoms with Crippen LogP contribution in [0.3, 0.4) is 0 Å². The topological polar surface area (TPSA) is 49.3 Å². The first-order valence-electron chi connectivity index (χ1n) is 6.95. The van der Waals surface area contributed by atoms with Crippen molar-refractivity contribution in [2.24, 2.45) is 5.41 Å². The molecule has 0 bridgehead atoms. The van der Waals surface area contributed by atoms with Crippen LogP contribution >= 0.6 is 0 Å². The predicted molar refractivity (Wildman–Crippen MR) is 68.0 cm³/mol. The Morgan fingerprint density at radius 2 is 1.65 bits per heavy atom. The van der Waals surface area contributed by atoms with E-state index in [1.807, 2.05) is 0 Å². The lowest BCUT2D eigenvalue weighted by Crippen LogP contribution is -2.57. The SMILES string of the molecule is CC1(C)CCC(NC2CCCC2)(C(=O)O)CC1. The highest BCUT2D eigenvalue weighted by Crippen LogP contribution is 2.41. The third-order valence-corrected chi connectivity index (χ3v) is 4.70. The molecule has 0 heterocycles. The standard InChI is InChI=1S/C14H25NO2/c1-13(2)7-9-14(10-8-13,12(16)17)15-11-5-3-4-6-11/h11,15H,3-10H2,1-2H3,(H,16,17). The van der Waals surface area contributed by atoms with E-state index in [0.29, 0.717) is 11.5 Å². The molecule has 0 aromatic carbocycles. The molecule has 0 aliphatic heterocycles. The van der Waals surface area contributed by atoms with Gasteiger partial charge in [0.25, 0.3) is 0 Å². The summed E-state index contributed by atoms with van der Waals surface area (Å²) >= 11 is 0. The number of hydrogen-bond donors (Lipinski definition) is 2. The second-order valence-corrected chi connectivity index (χ2v) is 6.68. The van der Waals surface area contributed by atoms with Crippen molar-refractivity contribution in [2.45, 2.75) is 76.8 Å². The summed E-state index contributed by atoms with van der Waals surface area (Å²) in [7, 11) is 0. The number of hydrogen-bond acceptors (Lipinski definition) is 2. The van der Waals surface area contributed by atoms with Crippen molar-refractivity contribution >= 4 is 5.97 Å². The second-order valence-electron chi connectivity index (χ2n) is 6.68. The fourth-order valence-corrected chi connectivity index (χ4v) is 3.23. The molecule has 3 nitrogen and oxygen atoms in total. The van der Waals surface area contributed by atoms with Gasteiger partial charge in [-0.15, -0.1) is 0 Å². The van der Waals surface area contributed by atoms with E-state index in [1.165, 1.54) is 12.8 Å². The Labute approximate surface area is 104 Å². The van der Waals surface area contributed by atoms with Crippen LogP contribution in [-0.4, -0.2) is 22.7 Å². The summed E-state index contributed by atoms with van der Waals surface area (Å²) in [6.07, 6.45) is 8.39. The summed E-state index contributed by atoms with van der Waals surface area (Å²) in [4.78, 5) is 11.6. The Morgan fingerprint density at radius 1 is 1.12 bits per heavy atom. The van der Waals surface area contributed by atoms with Gasteiger partial charge in [-0.3, -0.25) is 10.1 Å². The lowest BCUT2D eigenvalue weighted by atomic mass is 9.69. The third kappa shape index (κ3) is 2.82. The number of rotatable bonds is 3. The Kier molecular flexibility index (Phi) is 3.48. The zero-order chi connectivity index (χ0) is 12.5. The fraction of sp³-hybridized carbons (Fsp3) is 0.929. The van der Waals surface area contributed by atoms with Crippen LogP contribution in [0.5, 0.6) is 0 Å². The monoisotopic (exact) mass is 239 g/mol. The number of nitrogens with one attached hydrogen (secondary N) is 1. The molecule has 2 fully saturated rings. The molecule has 0 aromatic rings. The molecule has 2 rings (SSSR count). The van der Waals surface area contributed by atoms with Crippen molar-refractivity contribution < 1.29 is 9.90 Å². The Balaban J connectivity index is 2.03. The molecule has 0 saturated heterocycles. The minimum atomic E-state index is -0.639. The number of carbonyl (C=O) groups is 1. The van der Waals surface area contributed by atoms with Crippen LogP contribution in [0.25, 0.3) is 0 Å². The van der Waals surface area contributed by atoms with Crippen molar-refractivity contribution in [3.8, 4) is 0 Å². The molecule has 2 N–H and O–H groups in total. The van der Waals surface area contributed by atoms with E-state index in [-0.39, 0.29) is 0 Å². The van der Waals surface area contributed by atoms with Crippen LogP contribution in [-0.2, 0) is 4.79 Å². The molecular formula is C14H25NO2. The van der Waals surface area contributed by atoms with E-state index >= 15 is 0 Å². The summed E-state index contributed by atoms with van der Waals surface area (Å²) in [5.41, 5.74) is -0.319. The molecule has 3 heteroatoms. The Hall–Kier alpha value is -0.570. The van der Waals surface area contributed by atoms with Gasteiger partial charge in [0.15, 0.2) is 0 Å². The van der Waals surface area contributed by atoms with Crippen LogP contribution in [0.15, 0.2) is 0 Å². The predicted octanol–water partition coefficient (Wildman–Crippen LogP) is 2.94. The van der Waals surface area contributed by atoms with Crippen molar-refractivity contribution in [3.63, 3.8) is 0 Å². The number of aliphatic carboxylic acids is 1. The van der Waals surface area contributed by atoms with E-state index in [0.717, 1.165) is 38.5 Å².